The van der Waals surface area contributed by atoms with Gasteiger partial charge in [0.1, 0.15) is 11.5 Å². The molecule has 2 aromatic heterocycles. The average molecular weight is 317 g/mol. The molecule has 0 spiro atoms. The molecule has 0 unspecified atom stereocenters. The molecule has 0 aliphatic rings. The number of aryl methyl sites for hydroxylation is 1. The van der Waals surface area contributed by atoms with Crippen molar-refractivity contribution < 1.29 is 13.6 Å². The minimum Gasteiger partial charge on any atom is -0.341 e. The number of aromatic nitrogens is 4. The summed E-state index contributed by atoms with van der Waals surface area (Å²) in [5.41, 5.74) is 0.306. The normalized spacial score (nSPS) is 12.3. The Labute approximate surface area is 130 Å². The first kappa shape index (κ1) is 15.0. The lowest BCUT2D eigenvalue weighted by Crippen LogP contribution is -2.28. The van der Waals surface area contributed by atoms with Gasteiger partial charge in [0, 0.05) is 11.5 Å². The zero-order valence-electron chi connectivity index (χ0n) is 12.4. The van der Waals surface area contributed by atoms with Gasteiger partial charge in [-0.2, -0.15) is 5.10 Å². The molecule has 8 heteroatoms. The quantitative estimate of drug-likeness (QED) is 0.777. The Balaban J connectivity index is 1.84. The second kappa shape index (κ2) is 5.71. The molecular formula is C15H13F2N5O. The third kappa shape index (κ3) is 3.01. The molecule has 1 amide bonds. The third-order valence-electron chi connectivity index (χ3n) is 3.31. The molecule has 2 heterocycles. The van der Waals surface area contributed by atoms with Crippen LogP contribution in [-0.4, -0.2) is 26.1 Å². The summed E-state index contributed by atoms with van der Waals surface area (Å²) in [6, 6.07) is 4.55. The van der Waals surface area contributed by atoms with Crippen molar-refractivity contribution in [2.45, 2.75) is 19.9 Å². The largest absolute Gasteiger partial charge is 0.341 e. The lowest BCUT2D eigenvalue weighted by atomic mass is 10.2. The molecule has 3 rings (SSSR count). The van der Waals surface area contributed by atoms with Gasteiger partial charge in [-0.15, -0.1) is 0 Å². The zero-order chi connectivity index (χ0) is 16.6. The van der Waals surface area contributed by atoms with E-state index >= 15 is 0 Å². The van der Waals surface area contributed by atoms with Crippen LogP contribution in [0.2, 0.25) is 0 Å². The number of hydrogen-bond donors (Lipinski definition) is 2. The summed E-state index contributed by atoms with van der Waals surface area (Å²) in [4.78, 5) is 20.4. The van der Waals surface area contributed by atoms with Crippen LogP contribution in [0.5, 0.6) is 0 Å². The molecule has 3 aromatic rings. The number of hydrogen-bond acceptors (Lipinski definition) is 4. The molecular weight excluding hydrogens is 304 g/mol. The number of amides is 1. The maximum absolute atomic E-state index is 13.3. The smallest absolute Gasteiger partial charge is 0.270 e. The topological polar surface area (TPSA) is 83.6 Å². The summed E-state index contributed by atoms with van der Waals surface area (Å²) in [7, 11) is 0. The van der Waals surface area contributed by atoms with E-state index in [1.807, 2.05) is 0 Å². The van der Waals surface area contributed by atoms with Crippen molar-refractivity contribution in [3.63, 3.8) is 0 Å². The summed E-state index contributed by atoms with van der Waals surface area (Å²) in [6.07, 6.45) is 0. The third-order valence-corrected chi connectivity index (χ3v) is 3.31. The van der Waals surface area contributed by atoms with Gasteiger partial charge in [-0.25, -0.2) is 18.7 Å². The lowest BCUT2D eigenvalue weighted by Gasteiger charge is -2.10. The molecule has 2 N–H and O–H groups in total. The number of aromatic amines is 1. The van der Waals surface area contributed by atoms with Crippen LogP contribution in [0.1, 0.15) is 35.1 Å². The highest BCUT2D eigenvalue weighted by Crippen LogP contribution is 2.17. The molecule has 0 saturated heterocycles. The van der Waals surface area contributed by atoms with Crippen LogP contribution < -0.4 is 5.32 Å². The molecule has 0 radical (unpaired) electrons. The number of carbonyl (C=O) groups is 1. The van der Waals surface area contributed by atoms with Crippen molar-refractivity contribution in [2.75, 3.05) is 0 Å². The first-order chi connectivity index (χ1) is 10.9. The summed E-state index contributed by atoms with van der Waals surface area (Å²) in [6.45, 7) is 3.49. The van der Waals surface area contributed by atoms with E-state index in [-0.39, 0.29) is 11.2 Å². The van der Waals surface area contributed by atoms with Gasteiger partial charge in [0.25, 0.3) is 5.91 Å². The number of H-pyrrole nitrogens is 1. The van der Waals surface area contributed by atoms with E-state index in [0.717, 1.165) is 12.1 Å². The molecule has 118 valence electrons. The van der Waals surface area contributed by atoms with Crippen LogP contribution in [0.3, 0.4) is 0 Å². The fraction of sp³-hybridized carbons (Fsp3) is 0.200. The standard InChI is InChI=1S/C15H13F2N5O/c1-7(14-19-8(2)21-22-14)18-15(23)12-4-3-9-5-10(16)11(17)6-13(9)20-12/h3-7H,1-2H3,(H,18,23)(H,19,21,22)/t7-/m0/s1. The van der Waals surface area contributed by atoms with Gasteiger partial charge in [-0.05, 0) is 26.0 Å². The van der Waals surface area contributed by atoms with Crippen molar-refractivity contribution in [1.82, 2.24) is 25.5 Å². The Kier molecular flexibility index (Phi) is 3.73. The molecule has 0 bridgehead atoms. The van der Waals surface area contributed by atoms with Gasteiger partial charge in [0.15, 0.2) is 17.5 Å². The Bertz CT molecular complexity index is 893. The summed E-state index contributed by atoms with van der Waals surface area (Å²) in [5.74, 6) is -1.32. The molecule has 0 fully saturated rings. The summed E-state index contributed by atoms with van der Waals surface area (Å²) >= 11 is 0. The SMILES string of the molecule is Cc1nc([C@H](C)NC(=O)c2ccc3cc(F)c(F)cc3n2)n[nH]1. The van der Waals surface area contributed by atoms with Crippen LogP contribution in [0.4, 0.5) is 8.78 Å². The molecule has 0 aliphatic heterocycles. The highest BCUT2D eigenvalue weighted by molar-refractivity contribution is 5.95. The van der Waals surface area contributed by atoms with E-state index in [2.05, 4.69) is 25.5 Å². The van der Waals surface area contributed by atoms with Gasteiger partial charge < -0.3 is 5.32 Å². The van der Waals surface area contributed by atoms with Gasteiger partial charge in [0.2, 0.25) is 0 Å². The predicted octanol–water partition coefficient (Wildman–Crippen LogP) is 2.43. The molecule has 0 aliphatic carbocycles. The number of rotatable bonds is 3. The Morgan fingerprint density at radius 2 is 1.96 bits per heavy atom. The number of pyridine rings is 1. The molecule has 1 aromatic carbocycles. The lowest BCUT2D eigenvalue weighted by molar-refractivity contribution is 0.0933. The second-order valence-electron chi connectivity index (χ2n) is 5.13. The van der Waals surface area contributed by atoms with Gasteiger partial charge in [0.05, 0.1) is 11.6 Å². The van der Waals surface area contributed by atoms with Crippen molar-refractivity contribution in [1.29, 1.82) is 0 Å². The number of carbonyl (C=O) groups excluding carboxylic acids is 1. The first-order valence-electron chi connectivity index (χ1n) is 6.89. The van der Waals surface area contributed by atoms with Crippen LogP contribution in [0.15, 0.2) is 24.3 Å². The zero-order valence-corrected chi connectivity index (χ0v) is 12.4. The van der Waals surface area contributed by atoms with Crippen molar-refractivity contribution in [2.24, 2.45) is 0 Å². The number of nitrogens with zero attached hydrogens (tertiary/aromatic N) is 3. The van der Waals surface area contributed by atoms with E-state index < -0.39 is 23.6 Å². The number of halogens is 2. The van der Waals surface area contributed by atoms with Crippen molar-refractivity contribution in [3.05, 3.63) is 53.2 Å². The number of nitrogens with one attached hydrogen (secondary N) is 2. The second-order valence-corrected chi connectivity index (χ2v) is 5.13. The van der Waals surface area contributed by atoms with Crippen LogP contribution >= 0.6 is 0 Å². The maximum Gasteiger partial charge on any atom is 0.270 e. The molecule has 0 saturated carbocycles. The molecule has 6 nitrogen and oxygen atoms in total. The highest BCUT2D eigenvalue weighted by Gasteiger charge is 2.16. The Hall–Kier alpha value is -2.90. The van der Waals surface area contributed by atoms with Gasteiger partial charge >= 0.3 is 0 Å². The molecule has 23 heavy (non-hydrogen) atoms. The summed E-state index contributed by atoms with van der Waals surface area (Å²) in [5, 5.41) is 9.78. The first-order valence-corrected chi connectivity index (χ1v) is 6.89. The minimum absolute atomic E-state index is 0.0996. The Morgan fingerprint density at radius 3 is 2.65 bits per heavy atom. The predicted molar refractivity (Wildman–Crippen MR) is 78.7 cm³/mol. The van der Waals surface area contributed by atoms with E-state index in [0.29, 0.717) is 17.0 Å². The Morgan fingerprint density at radius 1 is 1.22 bits per heavy atom. The minimum atomic E-state index is -1.01. The average Bonchev–Trinajstić information content (AvgIpc) is 2.94. The fourth-order valence-electron chi connectivity index (χ4n) is 2.13. The number of fused-ring (bicyclic) bond motifs is 1. The van der Waals surface area contributed by atoms with E-state index in [4.69, 9.17) is 0 Å². The van der Waals surface area contributed by atoms with Gasteiger partial charge in [-0.1, -0.05) is 6.07 Å². The highest BCUT2D eigenvalue weighted by atomic mass is 19.2. The number of benzene rings is 1. The van der Waals surface area contributed by atoms with Crippen LogP contribution in [-0.2, 0) is 0 Å². The van der Waals surface area contributed by atoms with Crippen LogP contribution in [0.25, 0.3) is 10.9 Å². The van der Waals surface area contributed by atoms with E-state index in [1.54, 1.807) is 13.8 Å². The van der Waals surface area contributed by atoms with Crippen molar-refractivity contribution >= 4 is 16.8 Å². The van der Waals surface area contributed by atoms with E-state index in [1.165, 1.54) is 12.1 Å². The monoisotopic (exact) mass is 317 g/mol. The summed E-state index contributed by atoms with van der Waals surface area (Å²) < 4.78 is 26.5. The van der Waals surface area contributed by atoms with Crippen LogP contribution in [0, 0.1) is 18.6 Å². The fourth-order valence-corrected chi connectivity index (χ4v) is 2.13. The van der Waals surface area contributed by atoms with Gasteiger partial charge in [-0.3, -0.25) is 9.89 Å². The van der Waals surface area contributed by atoms with E-state index in [9.17, 15) is 13.6 Å². The molecule has 1 atom stereocenters. The van der Waals surface area contributed by atoms with Crippen molar-refractivity contribution in [3.8, 4) is 0 Å². The maximum atomic E-state index is 13.3.